The van der Waals surface area contributed by atoms with Crippen molar-refractivity contribution in [3.8, 4) is 5.95 Å². The van der Waals surface area contributed by atoms with Gasteiger partial charge in [0, 0.05) is 12.4 Å². The number of ether oxygens (including phenoxy) is 1. The summed E-state index contributed by atoms with van der Waals surface area (Å²) in [4.78, 5) is 17.1. The average molecular weight is 270 g/mol. The quantitative estimate of drug-likeness (QED) is 0.676. The van der Waals surface area contributed by atoms with Crippen LogP contribution in [0.5, 0.6) is 0 Å². The maximum Gasteiger partial charge on any atom is 0.237 e. The van der Waals surface area contributed by atoms with Gasteiger partial charge in [0.05, 0.1) is 12.8 Å². The lowest BCUT2D eigenvalue weighted by atomic mass is 10.5. The van der Waals surface area contributed by atoms with Gasteiger partial charge in [0.25, 0.3) is 0 Å². The van der Waals surface area contributed by atoms with Crippen molar-refractivity contribution in [2.24, 2.45) is 0 Å². The largest absolute Gasteiger partial charge is 0.479 e. The summed E-state index contributed by atoms with van der Waals surface area (Å²) in [6.45, 7) is 8.24. The van der Waals surface area contributed by atoms with Crippen molar-refractivity contribution in [1.29, 1.82) is 0 Å². The number of hydrogen-bond acceptors (Lipinski definition) is 5. The fourth-order valence-corrected chi connectivity index (χ4v) is 2.02. The Bertz CT molecular complexity index is 759. The van der Waals surface area contributed by atoms with Crippen molar-refractivity contribution in [3.05, 3.63) is 37.3 Å². The number of fused-ring (bicyclic) bond motifs is 1. The molecule has 0 aliphatic carbocycles. The first-order valence-electron chi connectivity index (χ1n) is 6.23. The van der Waals surface area contributed by atoms with E-state index in [-0.39, 0.29) is 0 Å². The summed E-state index contributed by atoms with van der Waals surface area (Å²) in [6.07, 6.45) is 6.81. The Kier molecular flexibility index (Phi) is 2.94. The molecule has 3 aromatic rings. The molecule has 0 bridgehead atoms. The molecule has 0 radical (unpaired) electrons. The normalized spacial score (nSPS) is 10.9. The number of rotatable bonds is 4. The molecular formula is C13H14N6O. The molecule has 0 aliphatic heterocycles. The van der Waals surface area contributed by atoms with Crippen LogP contribution in [0.3, 0.4) is 0 Å². The molecule has 0 aliphatic rings. The molecule has 0 fully saturated rings. The molecule has 0 atom stereocenters. The first-order valence-corrected chi connectivity index (χ1v) is 6.23. The van der Waals surface area contributed by atoms with E-state index in [1.54, 1.807) is 34.1 Å². The van der Waals surface area contributed by atoms with Gasteiger partial charge < -0.3 is 4.74 Å². The van der Waals surface area contributed by atoms with E-state index in [0.29, 0.717) is 24.1 Å². The molecule has 0 aromatic carbocycles. The van der Waals surface area contributed by atoms with Crippen LogP contribution in [0.4, 0.5) is 0 Å². The SMILES string of the molecule is C=C(OCC)n1c(C)nc2nc(-n3ccnc3)ncc21. The van der Waals surface area contributed by atoms with Gasteiger partial charge in [-0.05, 0) is 20.4 Å². The zero-order chi connectivity index (χ0) is 14.1. The van der Waals surface area contributed by atoms with Gasteiger partial charge in [0.1, 0.15) is 17.7 Å². The minimum atomic E-state index is 0.520. The third-order valence-electron chi connectivity index (χ3n) is 2.87. The Morgan fingerprint density at radius 3 is 2.95 bits per heavy atom. The van der Waals surface area contributed by atoms with Crippen LogP contribution in [0.1, 0.15) is 12.7 Å². The molecule has 0 unspecified atom stereocenters. The summed E-state index contributed by atoms with van der Waals surface area (Å²) in [5.41, 5.74) is 1.37. The second-order valence-corrected chi connectivity index (χ2v) is 4.17. The first-order chi connectivity index (χ1) is 9.70. The predicted octanol–water partition coefficient (Wildman–Crippen LogP) is 1.79. The number of imidazole rings is 2. The van der Waals surface area contributed by atoms with Crippen molar-refractivity contribution in [2.75, 3.05) is 6.61 Å². The fraction of sp³-hybridized carbons (Fsp3) is 0.231. The zero-order valence-corrected chi connectivity index (χ0v) is 11.3. The minimum absolute atomic E-state index is 0.520. The topological polar surface area (TPSA) is 70.7 Å². The Hall–Kier alpha value is -2.70. The molecule has 0 spiro atoms. The van der Waals surface area contributed by atoms with Crippen molar-refractivity contribution < 1.29 is 4.74 Å². The summed E-state index contributed by atoms with van der Waals surface area (Å²) in [6, 6.07) is 0. The average Bonchev–Trinajstić information content (AvgIpc) is 3.03. The standard InChI is InChI=1S/C13H14N6O/c1-4-20-10(3)19-9(2)16-12-11(19)7-15-13(17-12)18-6-5-14-8-18/h5-8H,3-4H2,1-2H3. The molecule has 0 amide bonds. The highest BCUT2D eigenvalue weighted by atomic mass is 16.5. The van der Waals surface area contributed by atoms with Crippen LogP contribution in [0.15, 0.2) is 31.5 Å². The van der Waals surface area contributed by atoms with Crippen molar-refractivity contribution >= 4 is 17.0 Å². The van der Waals surface area contributed by atoms with E-state index >= 15 is 0 Å². The maximum atomic E-state index is 5.44. The molecule has 7 nitrogen and oxygen atoms in total. The Morgan fingerprint density at radius 1 is 1.40 bits per heavy atom. The fourth-order valence-electron chi connectivity index (χ4n) is 2.02. The molecule has 3 aromatic heterocycles. The third-order valence-corrected chi connectivity index (χ3v) is 2.87. The van der Waals surface area contributed by atoms with Gasteiger partial charge in [-0.15, -0.1) is 0 Å². The highest BCUT2D eigenvalue weighted by Crippen LogP contribution is 2.19. The molecular weight excluding hydrogens is 256 g/mol. The lowest BCUT2D eigenvalue weighted by molar-refractivity contribution is 0.279. The van der Waals surface area contributed by atoms with Crippen molar-refractivity contribution in [2.45, 2.75) is 13.8 Å². The third kappa shape index (κ3) is 1.93. The van der Waals surface area contributed by atoms with E-state index in [1.165, 1.54) is 0 Å². The molecule has 0 N–H and O–H groups in total. The van der Waals surface area contributed by atoms with Crippen LogP contribution in [-0.4, -0.2) is 35.7 Å². The lowest BCUT2D eigenvalue weighted by Crippen LogP contribution is -2.03. The zero-order valence-electron chi connectivity index (χ0n) is 11.3. The minimum Gasteiger partial charge on any atom is -0.479 e. The Labute approximate surface area is 115 Å². The molecule has 20 heavy (non-hydrogen) atoms. The van der Waals surface area contributed by atoms with E-state index < -0.39 is 0 Å². The molecule has 102 valence electrons. The van der Waals surface area contributed by atoms with Gasteiger partial charge in [-0.2, -0.15) is 4.98 Å². The molecule has 3 heterocycles. The second kappa shape index (κ2) is 4.76. The van der Waals surface area contributed by atoms with Crippen molar-refractivity contribution in [1.82, 2.24) is 29.1 Å². The Balaban J connectivity index is 2.12. The van der Waals surface area contributed by atoms with E-state index in [1.807, 2.05) is 13.8 Å². The van der Waals surface area contributed by atoms with Crippen molar-refractivity contribution in [3.63, 3.8) is 0 Å². The molecule has 0 saturated carbocycles. The maximum absolute atomic E-state index is 5.44. The van der Waals surface area contributed by atoms with Gasteiger partial charge in [-0.25, -0.2) is 15.0 Å². The summed E-state index contributed by atoms with van der Waals surface area (Å²) in [5, 5.41) is 0. The highest BCUT2D eigenvalue weighted by Gasteiger charge is 2.13. The monoisotopic (exact) mass is 270 g/mol. The smallest absolute Gasteiger partial charge is 0.237 e. The number of aryl methyl sites for hydroxylation is 1. The van der Waals surface area contributed by atoms with E-state index in [9.17, 15) is 0 Å². The number of hydrogen-bond donors (Lipinski definition) is 0. The molecule has 7 heteroatoms. The number of nitrogens with zero attached hydrogens (tertiary/aromatic N) is 6. The first kappa shape index (κ1) is 12.3. The van der Waals surface area contributed by atoms with Gasteiger partial charge >= 0.3 is 0 Å². The van der Waals surface area contributed by atoms with E-state index in [2.05, 4.69) is 26.5 Å². The van der Waals surface area contributed by atoms with Crippen LogP contribution >= 0.6 is 0 Å². The second-order valence-electron chi connectivity index (χ2n) is 4.17. The highest BCUT2D eigenvalue weighted by molar-refractivity contribution is 5.75. The van der Waals surface area contributed by atoms with Gasteiger partial charge in [0.2, 0.25) is 5.95 Å². The van der Waals surface area contributed by atoms with Crippen LogP contribution in [0.25, 0.3) is 23.0 Å². The van der Waals surface area contributed by atoms with Gasteiger partial charge in [0.15, 0.2) is 11.5 Å². The van der Waals surface area contributed by atoms with E-state index in [0.717, 1.165) is 11.3 Å². The van der Waals surface area contributed by atoms with Crippen LogP contribution < -0.4 is 0 Å². The summed E-state index contributed by atoms with van der Waals surface area (Å²) < 4.78 is 8.96. The molecule has 3 rings (SSSR count). The predicted molar refractivity (Wildman–Crippen MR) is 74.1 cm³/mol. The van der Waals surface area contributed by atoms with Gasteiger partial charge in [-0.1, -0.05) is 0 Å². The summed E-state index contributed by atoms with van der Waals surface area (Å²) in [5.74, 6) is 1.81. The summed E-state index contributed by atoms with van der Waals surface area (Å²) in [7, 11) is 0. The van der Waals surface area contributed by atoms with Crippen LogP contribution in [-0.2, 0) is 4.74 Å². The molecule has 0 saturated heterocycles. The van der Waals surface area contributed by atoms with Crippen LogP contribution in [0.2, 0.25) is 0 Å². The Morgan fingerprint density at radius 2 is 2.25 bits per heavy atom. The van der Waals surface area contributed by atoms with Crippen LogP contribution in [0, 0.1) is 6.92 Å². The summed E-state index contributed by atoms with van der Waals surface area (Å²) >= 11 is 0. The lowest BCUT2D eigenvalue weighted by Gasteiger charge is -2.09. The van der Waals surface area contributed by atoms with E-state index in [4.69, 9.17) is 4.74 Å². The van der Waals surface area contributed by atoms with Gasteiger partial charge in [-0.3, -0.25) is 9.13 Å². The number of aromatic nitrogens is 6.